The number of nitrogen functional groups attached to an aromatic ring is 1. The fourth-order valence-corrected chi connectivity index (χ4v) is 2.48. The van der Waals surface area contributed by atoms with Crippen molar-refractivity contribution in [3.63, 3.8) is 0 Å². The number of carbonyl (C=O) groups is 1. The molecular formula is C17H19BrN2O. The van der Waals surface area contributed by atoms with Gasteiger partial charge in [-0.05, 0) is 64.7 Å². The molecule has 110 valence electrons. The van der Waals surface area contributed by atoms with E-state index in [0.29, 0.717) is 11.3 Å². The van der Waals surface area contributed by atoms with Crippen molar-refractivity contribution >= 4 is 33.2 Å². The molecule has 1 amide bonds. The molecule has 3 nitrogen and oxygen atoms in total. The molecule has 0 spiro atoms. The summed E-state index contributed by atoms with van der Waals surface area (Å²) in [7, 11) is 0. The molecule has 2 rings (SSSR count). The predicted octanol–water partition coefficient (Wildman–Crippen LogP) is 4.63. The second kappa shape index (κ2) is 7.27. The maximum atomic E-state index is 12.2. The van der Waals surface area contributed by atoms with Crippen LogP contribution in [0.15, 0.2) is 46.9 Å². The number of nitrogens with one attached hydrogen (secondary N) is 1. The van der Waals surface area contributed by atoms with Crippen LogP contribution in [0.2, 0.25) is 0 Å². The Morgan fingerprint density at radius 2 is 1.90 bits per heavy atom. The first kappa shape index (κ1) is 15.6. The highest BCUT2D eigenvalue weighted by atomic mass is 79.9. The van der Waals surface area contributed by atoms with Crippen molar-refractivity contribution in [3.05, 3.63) is 58.1 Å². The zero-order chi connectivity index (χ0) is 15.2. The van der Waals surface area contributed by atoms with Crippen LogP contribution in [-0.2, 0) is 6.42 Å². The fraction of sp³-hybridized carbons (Fsp3) is 0.235. The van der Waals surface area contributed by atoms with E-state index in [-0.39, 0.29) is 5.91 Å². The molecule has 0 heterocycles. The highest BCUT2D eigenvalue weighted by Crippen LogP contribution is 2.21. The van der Waals surface area contributed by atoms with Crippen molar-refractivity contribution in [1.82, 2.24) is 0 Å². The van der Waals surface area contributed by atoms with Gasteiger partial charge < -0.3 is 11.1 Å². The van der Waals surface area contributed by atoms with Gasteiger partial charge >= 0.3 is 0 Å². The number of unbranched alkanes of at least 4 members (excludes halogenated alkanes) is 1. The largest absolute Gasteiger partial charge is 0.399 e. The van der Waals surface area contributed by atoms with E-state index in [9.17, 15) is 4.79 Å². The number of aryl methyl sites for hydroxylation is 1. The molecule has 0 radical (unpaired) electrons. The lowest BCUT2D eigenvalue weighted by molar-refractivity contribution is 0.102. The molecule has 0 fully saturated rings. The van der Waals surface area contributed by atoms with Crippen molar-refractivity contribution in [3.8, 4) is 0 Å². The summed E-state index contributed by atoms with van der Waals surface area (Å²) in [5.74, 6) is -0.171. The first-order valence-corrected chi connectivity index (χ1v) is 7.84. The molecule has 2 aromatic carbocycles. The maximum absolute atomic E-state index is 12.2. The van der Waals surface area contributed by atoms with E-state index in [1.54, 1.807) is 18.2 Å². The second-order valence-electron chi connectivity index (χ2n) is 4.99. The molecule has 4 heteroatoms. The van der Waals surface area contributed by atoms with Crippen LogP contribution in [-0.4, -0.2) is 5.91 Å². The number of halogens is 1. The Kier molecular flexibility index (Phi) is 5.39. The van der Waals surface area contributed by atoms with E-state index >= 15 is 0 Å². The van der Waals surface area contributed by atoms with E-state index < -0.39 is 0 Å². The average molecular weight is 347 g/mol. The number of amides is 1. The number of rotatable bonds is 5. The summed E-state index contributed by atoms with van der Waals surface area (Å²) in [5, 5.41) is 2.89. The average Bonchev–Trinajstić information content (AvgIpc) is 2.49. The Morgan fingerprint density at radius 1 is 1.19 bits per heavy atom. The summed E-state index contributed by atoms with van der Waals surface area (Å²) in [6.45, 7) is 2.18. The minimum atomic E-state index is -0.171. The molecule has 0 atom stereocenters. The first-order chi connectivity index (χ1) is 10.1. The highest BCUT2D eigenvalue weighted by Gasteiger charge is 2.10. The topological polar surface area (TPSA) is 55.1 Å². The Hall–Kier alpha value is -1.81. The third kappa shape index (κ3) is 4.33. The Morgan fingerprint density at radius 3 is 2.57 bits per heavy atom. The zero-order valence-corrected chi connectivity index (χ0v) is 13.6. The van der Waals surface area contributed by atoms with Crippen molar-refractivity contribution in [1.29, 1.82) is 0 Å². The number of hydrogen-bond donors (Lipinski definition) is 2. The van der Waals surface area contributed by atoms with E-state index in [2.05, 4.69) is 40.3 Å². The van der Waals surface area contributed by atoms with Crippen LogP contribution in [0.3, 0.4) is 0 Å². The van der Waals surface area contributed by atoms with Gasteiger partial charge in [0, 0.05) is 15.8 Å². The Balaban J connectivity index is 2.07. The van der Waals surface area contributed by atoms with E-state index in [1.165, 1.54) is 18.4 Å². The number of nitrogens with two attached hydrogens (primary N) is 1. The molecule has 0 aromatic heterocycles. The van der Waals surface area contributed by atoms with Gasteiger partial charge in [0.2, 0.25) is 0 Å². The molecule has 0 aliphatic rings. The number of carbonyl (C=O) groups excluding carboxylic acids is 1. The van der Waals surface area contributed by atoms with Crippen LogP contribution in [0.4, 0.5) is 11.4 Å². The van der Waals surface area contributed by atoms with Crippen molar-refractivity contribution < 1.29 is 4.79 Å². The predicted molar refractivity (Wildman–Crippen MR) is 91.6 cm³/mol. The standard InChI is InChI=1S/C17H19BrN2O/c1-2-3-4-12-5-8-14(9-6-12)20-17(21)15-11-13(19)7-10-16(15)18/h5-11H,2-4,19H2,1H3,(H,20,21). The molecule has 21 heavy (non-hydrogen) atoms. The summed E-state index contributed by atoms with van der Waals surface area (Å²) in [4.78, 5) is 12.2. The van der Waals surface area contributed by atoms with Gasteiger partial charge in [0.1, 0.15) is 0 Å². The van der Waals surface area contributed by atoms with E-state index in [1.807, 2.05) is 12.1 Å². The van der Waals surface area contributed by atoms with Gasteiger partial charge in [0.05, 0.1) is 5.56 Å². The molecule has 0 bridgehead atoms. The summed E-state index contributed by atoms with van der Waals surface area (Å²) < 4.78 is 0.730. The molecule has 0 aliphatic carbocycles. The summed E-state index contributed by atoms with van der Waals surface area (Å²) >= 11 is 3.37. The molecule has 0 aliphatic heterocycles. The van der Waals surface area contributed by atoms with Crippen LogP contribution in [0, 0.1) is 0 Å². The van der Waals surface area contributed by atoms with Crippen molar-refractivity contribution in [2.24, 2.45) is 0 Å². The van der Waals surface area contributed by atoms with Gasteiger partial charge in [0.25, 0.3) is 5.91 Å². The van der Waals surface area contributed by atoms with Crippen LogP contribution < -0.4 is 11.1 Å². The van der Waals surface area contributed by atoms with Gasteiger partial charge in [0.15, 0.2) is 0 Å². The van der Waals surface area contributed by atoms with Gasteiger partial charge in [-0.2, -0.15) is 0 Å². The molecule has 2 aromatic rings. The summed E-state index contributed by atoms with van der Waals surface area (Å²) in [6.07, 6.45) is 3.44. The van der Waals surface area contributed by atoms with Gasteiger partial charge in [-0.15, -0.1) is 0 Å². The van der Waals surface area contributed by atoms with Crippen LogP contribution in [0.25, 0.3) is 0 Å². The van der Waals surface area contributed by atoms with E-state index in [0.717, 1.165) is 16.6 Å². The summed E-state index contributed by atoms with van der Waals surface area (Å²) in [5.41, 5.74) is 8.90. The monoisotopic (exact) mass is 346 g/mol. The Bertz CT molecular complexity index is 623. The maximum Gasteiger partial charge on any atom is 0.256 e. The van der Waals surface area contributed by atoms with Gasteiger partial charge in [-0.1, -0.05) is 25.5 Å². The minimum absolute atomic E-state index is 0.171. The normalized spacial score (nSPS) is 10.4. The first-order valence-electron chi connectivity index (χ1n) is 7.05. The number of benzene rings is 2. The molecule has 0 unspecified atom stereocenters. The molecular weight excluding hydrogens is 328 g/mol. The lowest BCUT2D eigenvalue weighted by Crippen LogP contribution is -2.13. The highest BCUT2D eigenvalue weighted by molar-refractivity contribution is 9.10. The van der Waals surface area contributed by atoms with Crippen LogP contribution >= 0.6 is 15.9 Å². The lowest BCUT2D eigenvalue weighted by Gasteiger charge is -2.08. The van der Waals surface area contributed by atoms with Crippen LogP contribution in [0.5, 0.6) is 0 Å². The van der Waals surface area contributed by atoms with Gasteiger partial charge in [-0.25, -0.2) is 0 Å². The summed E-state index contributed by atoms with van der Waals surface area (Å²) in [6, 6.07) is 13.2. The van der Waals surface area contributed by atoms with Crippen molar-refractivity contribution in [2.75, 3.05) is 11.1 Å². The number of anilines is 2. The molecule has 0 saturated carbocycles. The zero-order valence-electron chi connectivity index (χ0n) is 12.0. The third-order valence-corrected chi connectivity index (χ3v) is 3.96. The SMILES string of the molecule is CCCCc1ccc(NC(=O)c2cc(N)ccc2Br)cc1. The minimum Gasteiger partial charge on any atom is -0.399 e. The van der Waals surface area contributed by atoms with Crippen LogP contribution in [0.1, 0.15) is 35.7 Å². The smallest absolute Gasteiger partial charge is 0.256 e. The molecule has 0 saturated heterocycles. The van der Waals surface area contributed by atoms with Gasteiger partial charge in [-0.3, -0.25) is 4.79 Å². The second-order valence-corrected chi connectivity index (χ2v) is 5.85. The third-order valence-electron chi connectivity index (χ3n) is 3.27. The van der Waals surface area contributed by atoms with Crippen molar-refractivity contribution in [2.45, 2.75) is 26.2 Å². The quantitative estimate of drug-likeness (QED) is 0.775. The molecule has 3 N–H and O–H groups in total. The van der Waals surface area contributed by atoms with E-state index in [4.69, 9.17) is 5.73 Å². The lowest BCUT2D eigenvalue weighted by atomic mass is 10.1. The Labute approximate surface area is 133 Å². The fourth-order valence-electron chi connectivity index (χ4n) is 2.05. The number of hydrogen-bond acceptors (Lipinski definition) is 2.